The summed E-state index contributed by atoms with van der Waals surface area (Å²) in [5.74, 6) is 0.872. The van der Waals surface area contributed by atoms with Crippen molar-refractivity contribution in [2.45, 2.75) is 78.0 Å². The lowest BCUT2D eigenvalue weighted by Gasteiger charge is -2.35. The summed E-state index contributed by atoms with van der Waals surface area (Å²) in [5, 5.41) is 13.4. The number of nitrogens with one attached hydrogen (secondary N) is 1. The molecule has 1 N–H and O–H groups in total. The molecule has 4 rings (SSSR count). The first-order valence-electron chi connectivity index (χ1n) is 12.3. The molecule has 1 aliphatic heterocycles. The van der Waals surface area contributed by atoms with Crippen molar-refractivity contribution in [2.75, 3.05) is 13.2 Å². The van der Waals surface area contributed by atoms with Crippen LogP contribution in [-0.4, -0.2) is 50.3 Å². The Bertz CT molecular complexity index is 1160. The molecule has 2 atom stereocenters. The van der Waals surface area contributed by atoms with Gasteiger partial charge in [0.2, 0.25) is 5.91 Å². The van der Waals surface area contributed by atoms with Crippen molar-refractivity contribution in [2.24, 2.45) is 7.05 Å². The summed E-state index contributed by atoms with van der Waals surface area (Å²) in [6.45, 7) is 11.6. The van der Waals surface area contributed by atoms with Crippen LogP contribution in [0.4, 0.5) is 0 Å². The van der Waals surface area contributed by atoms with Gasteiger partial charge in [-0.2, -0.15) is 10.2 Å². The minimum absolute atomic E-state index is 0.0533. The number of fused-ring (bicyclic) bond motifs is 1. The Kier molecular flexibility index (Phi) is 6.98. The van der Waals surface area contributed by atoms with E-state index >= 15 is 0 Å². The van der Waals surface area contributed by atoms with E-state index in [-0.39, 0.29) is 17.6 Å². The molecule has 0 spiro atoms. The number of ether oxygens (including phenoxy) is 2. The summed E-state index contributed by atoms with van der Waals surface area (Å²) >= 11 is 0. The molecule has 1 saturated heterocycles. The smallest absolute Gasteiger partial charge is 0.219 e. The fourth-order valence-electron chi connectivity index (χ4n) is 4.63. The first kappa shape index (κ1) is 24.3. The number of hydrogen-bond donors (Lipinski definition) is 1. The standard InChI is InChI=1S/C26H37N5O3/c1-7-24(32)27-10-8-17(2)34-23-13-19(12-22-25(23)18(3)30(6)29-22)20-15-28-31(16-20)21-9-11-33-26(4,5)14-21/h12-13,15-17,21H,7-11,14H2,1-6H3,(H,27,32)/t17-,21-/m1/s1. The summed E-state index contributed by atoms with van der Waals surface area (Å²) < 4.78 is 16.2. The van der Waals surface area contributed by atoms with E-state index < -0.39 is 0 Å². The molecule has 1 amide bonds. The Morgan fingerprint density at radius 1 is 1.35 bits per heavy atom. The number of nitrogens with zero attached hydrogens (tertiary/aromatic N) is 4. The van der Waals surface area contributed by atoms with E-state index in [0.717, 1.165) is 59.3 Å². The number of amides is 1. The predicted octanol–water partition coefficient (Wildman–Crippen LogP) is 4.56. The number of hydrogen-bond acceptors (Lipinski definition) is 5. The molecule has 34 heavy (non-hydrogen) atoms. The van der Waals surface area contributed by atoms with Crippen LogP contribution in [-0.2, 0) is 16.6 Å². The average Bonchev–Trinajstić information content (AvgIpc) is 3.38. The molecule has 0 aliphatic carbocycles. The minimum Gasteiger partial charge on any atom is -0.490 e. The quantitative estimate of drug-likeness (QED) is 0.525. The number of benzene rings is 1. The molecule has 0 saturated carbocycles. The fraction of sp³-hybridized carbons (Fsp3) is 0.577. The largest absolute Gasteiger partial charge is 0.490 e. The van der Waals surface area contributed by atoms with Crippen LogP contribution in [0.1, 0.15) is 65.1 Å². The van der Waals surface area contributed by atoms with Gasteiger partial charge in [0, 0.05) is 50.5 Å². The summed E-state index contributed by atoms with van der Waals surface area (Å²) in [6.07, 6.45) is 7.11. The van der Waals surface area contributed by atoms with Crippen LogP contribution in [0.2, 0.25) is 0 Å². The van der Waals surface area contributed by atoms with Crippen molar-refractivity contribution in [3.8, 4) is 16.9 Å². The highest BCUT2D eigenvalue weighted by Gasteiger charge is 2.30. The van der Waals surface area contributed by atoms with E-state index in [0.29, 0.717) is 19.0 Å². The maximum Gasteiger partial charge on any atom is 0.219 e. The normalized spacial score (nSPS) is 18.7. The van der Waals surface area contributed by atoms with Crippen LogP contribution in [0.5, 0.6) is 5.75 Å². The molecule has 0 bridgehead atoms. The molecule has 0 unspecified atom stereocenters. The number of aryl methyl sites for hydroxylation is 2. The average molecular weight is 468 g/mol. The number of rotatable bonds is 8. The van der Waals surface area contributed by atoms with Gasteiger partial charge in [-0.05, 0) is 58.2 Å². The second kappa shape index (κ2) is 9.78. The first-order valence-corrected chi connectivity index (χ1v) is 12.3. The van der Waals surface area contributed by atoms with Crippen LogP contribution in [0.25, 0.3) is 22.0 Å². The zero-order valence-corrected chi connectivity index (χ0v) is 21.2. The molecule has 3 heterocycles. The lowest BCUT2D eigenvalue weighted by molar-refractivity contribution is -0.120. The predicted molar refractivity (Wildman–Crippen MR) is 133 cm³/mol. The number of aromatic nitrogens is 4. The molecule has 2 aromatic heterocycles. The Morgan fingerprint density at radius 3 is 2.88 bits per heavy atom. The van der Waals surface area contributed by atoms with Crippen LogP contribution in [0.15, 0.2) is 24.5 Å². The molecule has 3 aromatic rings. The SMILES string of the molecule is CCC(=O)NCC[C@@H](C)Oc1cc(-c2cnn([C@@H]3CCOC(C)(C)C3)c2)cc2nn(C)c(C)c12. The topological polar surface area (TPSA) is 83.2 Å². The molecule has 0 radical (unpaired) electrons. The summed E-state index contributed by atoms with van der Waals surface area (Å²) in [6, 6.07) is 4.52. The van der Waals surface area contributed by atoms with Crippen molar-refractivity contribution in [1.82, 2.24) is 24.9 Å². The van der Waals surface area contributed by atoms with Crippen molar-refractivity contribution < 1.29 is 14.3 Å². The van der Waals surface area contributed by atoms with Crippen LogP contribution in [0.3, 0.4) is 0 Å². The molecule has 1 aromatic carbocycles. The Morgan fingerprint density at radius 2 is 2.15 bits per heavy atom. The molecule has 8 heteroatoms. The van der Waals surface area contributed by atoms with Gasteiger partial charge in [0.25, 0.3) is 0 Å². The summed E-state index contributed by atoms with van der Waals surface area (Å²) in [4.78, 5) is 11.5. The number of carbonyl (C=O) groups is 1. The number of carbonyl (C=O) groups excluding carboxylic acids is 1. The van der Waals surface area contributed by atoms with E-state index in [9.17, 15) is 4.79 Å². The summed E-state index contributed by atoms with van der Waals surface area (Å²) in [5.41, 5.74) is 3.90. The van der Waals surface area contributed by atoms with E-state index in [1.165, 1.54) is 0 Å². The van der Waals surface area contributed by atoms with Crippen molar-refractivity contribution in [3.05, 3.63) is 30.2 Å². The van der Waals surface area contributed by atoms with E-state index in [1.54, 1.807) is 0 Å². The third kappa shape index (κ3) is 5.27. The van der Waals surface area contributed by atoms with Gasteiger partial charge < -0.3 is 14.8 Å². The lowest BCUT2D eigenvalue weighted by atomic mass is 9.94. The second-order valence-electron chi connectivity index (χ2n) is 9.96. The molecular formula is C26H37N5O3. The lowest BCUT2D eigenvalue weighted by Crippen LogP contribution is -2.35. The zero-order chi connectivity index (χ0) is 24.5. The van der Waals surface area contributed by atoms with E-state index in [4.69, 9.17) is 19.7 Å². The maximum absolute atomic E-state index is 11.5. The molecule has 8 nitrogen and oxygen atoms in total. The van der Waals surface area contributed by atoms with Crippen molar-refractivity contribution in [3.63, 3.8) is 0 Å². The van der Waals surface area contributed by atoms with Gasteiger partial charge in [0.15, 0.2) is 0 Å². The van der Waals surface area contributed by atoms with Gasteiger partial charge in [-0.3, -0.25) is 14.2 Å². The fourth-order valence-corrected chi connectivity index (χ4v) is 4.63. The van der Waals surface area contributed by atoms with Gasteiger partial charge in [0.05, 0.1) is 34.8 Å². The molecular weight excluding hydrogens is 430 g/mol. The van der Waals surface area contributed by atoms with Gasteiger partial charge >= 0.3 is 0 Å². The van der Waals surface area contributed by atoms with Crippen molar-refractivity contribution >= 4 is 16.8 Å². The third-order valence-electron chi connectivity index (χ3n) is 6.69. The van der Waals surface area contributed by atoms with Gasteiger partial charge in [-0.25, -0.2) is 0 Å². The maximum atomic E-state index is 11.5. The van der Waals surface area contributed by atoms with Crippen LogP contribution >= 0.6 is 0 Å². The molecule has 1 fully saturated rings. The molecule has 1 aliphatic rings. The summed E-state index contributed by atoms with van der Waals surface area (Å²) in [7, 11) is 1.95. The Labute approximate surface area is 201 Å². The highest BCUT2D eigenvalue weighted by Crippen LogP contribution is 2.36. The van der Waals surface area contributed by atoms with E-state index in [2.05, 4.69) is 49.1 Å². The van der Waals surface area contributed by atoms with Gasteiger partial charge in [0.1, 0.15) is 5.75 Å². The van der Waals surface area contributed by atoms with Crippen LogP contribution in [0, 0.1) is 6.92 Å². The minimum atomic E-state index is -0.132. The second-order valence-corrected chi connectivity index (χ2v) is 9.96. The van der Waals surface area contributed by atoms with Gasteiger partial charge in [-0.1, -0.05) is 6.92 Å². The molecule has 184 valence electrons. The highest BCUT2D eigenvalue weighted by atomic mass is 16.5. The van der Waals surface area contributed by atoms with Crippen molar-refractivity contribution in [1.29, 1.82) is 0 Å². The Hall–Kier alpha value is -2.87. The zero-order valence-electron chi connectivity index (χ0n) is 21.2. The van der Waals surface area contributed by atoms with E-state index in [1.807, 2.05) is 31.8 Å². The van der Waals surface area contributed by atoms with Crippen LogP contribution < -0.4 is 10.1 Å². The highest BCUT2D eigenvalue weighted by molar-refractivity contribution is 5.92. The van der Waals surface area contributed by atoms with Gasteiger partial charge in [-0.15, -0.1) is 0 Å². The monoisotopic (exact) mass is 467 g/mol. The Balaban J connectivity index is 1.59. The first-order chi connectivity index (χ1) is 16.2. The third-order valence-corrected chi connectivity index (χ3v) is 6.69.